The molecule has 0 bridgehead atoms. The Labute approximate surface area is 179 Å². The lowest BCUT2D eigenvalue weighted by atomic mass is 10.1. The number of hydrogen-bond donors (Lipinski definition) is 2. The Bertz CT molecular complexity index is 1010. The molecule has 0 atom stereocenters. The van der Waals surface area contributed by atoms with Crippen LogP contribution >= 0.6 is 23.2 Å². The Morgan fingerprint density at radius 2 is 1.62 bits per heavy atom. The van der Waals surface area contributed by atoms with E-state index in [1.807, 2.05) is 30.3 Å². The molecule has 0 aromatic heterocycles. The number of anilines is 3. The molecule has 3 aromatic carbocycles. The second kappa shape index (κ2) is 9.45. The third-order valence-corrected chi connectivity index (χ3v) is 4.78. The minimum Gasteiger partial charge on any atom is -0.375 e. The molecular formula is C22H19Cl2N3O2. The average molecular weight is 428 g/mol. The normalized spacial score (nSPS) is 10.3. The predicted molar refractivity (Wildman–Crippen MR) is 119 cm³/mol. The van der Waals surface area contributed by atoms with Crippen LogP contribution in [0, 0.1) is 0 Å². The van der Waals surface area contributed by atoms with Crippen molar-refractivity contribution in [3.05, 3.63) is 88.4 Å². The van der Waals surface area contributed by atoms with Crippen LogP contribution in [0.15, 0.2) is 72.8 Å². The number of carbonyl (C=O) groups is 2. The van der Waals surface area contributed by atoms with Crippen molar-refractivity contribution in [2.24, 2.45) is 0 Å². The molecule has 5 nitrogen and oxygen atoms in total. The minimum absolute atomic E-state index is 0.0405. The van der Waals surface area contributed by atoms with Gasteiger partial charge in [0.25, 0.3) is 5.91 Å². The number of carbonyl (C=O) groups excluding carboxylic acids is 2. The molecule has 148 valence electrons. The molecular weight excluding hydrogens is 409 g/mol. The van der Waals surface area contributed by atoms with E-state index in [-0.39, 0.29) is 18.4 Å². The fraction of sp³-hybridized carbons (Fsp3) is 0.0909. The van der Waals surface area contributed by atoms with Crippen molar-refractivity contribution in [3.8, 4) is 0 Å². The fourth-order valence-electron chi connectivity index (χ4n) is 2.67. The minimum atomic E-state index is -0.239. The molecule has 29 heavy (non-hydrogen) atoms. The quantitative estimate of drug-likeness (QED) is 0.559. The lowest BCUT2D eigenvalue weighted by molar-refractivity contribution is -0.114. The van der Waals surface area contributed by atoms with Gasteiger partial charge in [-0.1, -0.05) is 41.4 Å². The predicted octanol–water partition coefficient (Wildman–Crippen LogP) is 5.32. The third kappa shape index (κ3) is 5.50. The van der Waals surface area contributed by atoms with E-state index in [9.17, 15) is 9.59 Å². The zero-order chi connectivity index (χ0) is 20.8. The summed E-state index contributed by atoms with van der Waals surface area (Å²) in [6.45, 7) is 0.0405. The van der Waals surface area contributed by atoms with Crippen molar-refractivity contribution in [2.75, 3.05) is 29.1 Å². The van der Waals surface area contributed by atoms with Crippen molar-refractivity contribution in [2.45, 2.75) is 0 Å². The fourth-order valence-corrected chi connectivity index (χ4v) is 3.15. The van der Waals surface area contributed by atoms with Gasteiger partial charge in [0.2, 0.25) is 5.91 Å². The van der Waals surface area contributed by atoms with Gasteiger partial charge in [-0.3, -0.25) is 9.59 Å². The van der Waals surface area contributed by atoms with Crippen LogP contribution in [0.2, 0.25) is 10.0 Å². The maximum absolute atomic E-state index is 12.6. The molecule has 7 heteroatoms. The molecule has 0 radical (unpaired) electrons. The van der Waals surface area contributed by atoms with E-state index >= 15 is 0 Å². The molecule has 0 heterocycles. The van der Waals surface area contributed by atoms with E-state index in [4.69, 9.17) is 23.2 Å². The zero-order valence-electron chi connectivity index (χ0n) is 15.7. The van der Waals surface area contributed by atoms with Crippen LogP contribution < -0.4 is 15.5 Å². The van der Waals surface area contributed by atoms with Crippen LogP contribution in [-0.2, 0) is 4.79 Å². The van der Waals surface area contributed by atoms with Crippen LogP contribution in [0.5, 0.6) is 0 Å². The number of nitrogens with one attached hydrogen (secondary N) is 2. The molecule has 0 aliphatic rings. The van der Waals surface area contributed by atoms with Gasteiger partial charge in [-0.25, -0.2) is 0 Å². The van der Waals surface area contributed by atoms with E-state index in [2.05, 4.69) is 10.6 Å². The van der Waals surface area contributed by atoms with Crippen molar-refractivity contribution in [1.29, 1.82) is 0 Å². The standard InChI is InChI=1S/C22H19Cl2N3O2/c1-27(18-5-3-2-4-6-18)22(29)15-7-10-17(11-8-15)26-21(28)14-25-20-12-9-16(23)13-19(20)24/h2-13,25H,14H2,1H3,(H,26,28). The number of nitrogens with zero attached hydrogens (tertiary/aromatic N) is 1. The first-order chi connectivity index (χ1) is 13.9. The number of rotatable bonds is 6. The largest absolute Gasteiger partial charge is 0.375 e. The van der Waals surface area contributed by atoms with E-state index in [0.717, 1.165) is 5.69 Å². The Balaban J connectivity index is 1.57. The van der Waals surface area contributed by atoms with Crippen molar-refractivity contribution in [1.82, 2.24) is 0 Å². The molecule has 0 saturated carbocycles. The summed E-state index contributed by atoms with van der Waals surface area (Å²) in [6, 6.07) is 21.1. The van der Waals surface area contributed by atoms with Gasteiger partial charge in [-0.2, -0.15) is 0 Å². The topological polar surface area (TPSA) is 61.4 Å². The maximum Gasteiger partial charge on any atom is 0.258 e. The van der Waals surface area contributed by atoms with Gasteiger partial charge in [0.15, 0.2) is 0 Å². The van der Waals surface area contributed by atoms with Gasteiger partial charge in [-0.15, -0.1) is 0 Å². The monoisotopic (exact) mass is 427 g/mol. The number of para-hydroxylation sites is 1. The highest BCUT2D eigenvalue weighted by atomic mass is 35.5. The van der Waals surface area contributed by atoms with Gasteiger partial charge in [-0.05, 0) is 54.6 Å². The van der Waals surface area contributed by atoms with Crippen molar-refractivity contribution >= 4 is 52.1 Å². The molecule has 0 fully saturated rings. The second-order valence-electron chi connectivity index (χ2n) is 6.30. The van der Waals surface area contributed by atoms with E-state index in [1.165, 1.54) is 0 Å². The number of halogens is 2. The Kier molecular flexibility index (Phi) is 6.75. The SMILES string of the molecule is CN(C(=O)c1ccc(NC(=O)CNc2ccc(Cl)cc2Cl)cc1)c1ccccc1. The number of hydrogen-bond acceptors (Lipinski definition) is 3. The van der Waals surface area contributed by atoms with Crippen LogP contribution in [0.3, 0.4) is 0 Å². The Morgan fingerprint density at radius 1 is 0.931 bits per heavy atom. The van der Waals surface area contributed by atoms with E-state index < -0.39 is 0 Å². The first-order valence-corrected chi connectivity index (χ1v) is 9.61. The number of amides is 2. The first kappa shape index (κ1) is 20.7. The van der Waals surface area contributed by atoms with Gasteiger partial charge >= 0.3 is 0 Å². The van der Waals surface area contributed by atoms with Crippen molar-refractivity contribution in [3.63, 3.8) is 0 Å². The molecule has 0 unspecified atom stereocenters. The van der Waals surface area contributed by atoms with Crippen molar-refractivity contribution < 1.29 is 9.59 Å². The lowest BCUT2D eigenvalue weighted by Crippen LogP contribution is -2.26. The summed E-state index contributed by atoms with van der Waals surface area (Å²) in [6.07, 6.45) is 0. The first-order valence-electron chi connectivity index (χ1n) is 8.86. The summed E-state index contributed by atoms with van der Waals surface area (Å²) >= 11 is 11.9. The smallest absolute Gasteiger partial charge is 0.258 e. The van der Waals surface area contributed by atoms with Crippen LogP contribution in [0.25, 0.3) is 0 Å². The average Bonchev–Trinajstić information content (AvgIpc) is 2.73. The Hall–Kier alpha value is -3.02. The van der Waals surface area contributed by atoms with E-state index in [1.54, 1.807) is 54.4 Å². The maximum atomic E-state index is 12.6. The summed E-state index contributed by atoms with van der Waals surface area (Å²) in [5.74, 6) is -0.371. The van der Waals surface area contributed by atoms with E-state index in [0.29, 0.717) is 27.0 Å². The van der Waals surface area contributed by atoms with Crippen LogP contribution in [0.4, 0.5) is 17.1 Å². The summed E-state index contributed by atoms with van der Waals surface area (Å²) < 4.78 is 0. The molecule has 2 N–H and O–H groups in total. The molecule has 2 amide bonds. The molecule has 0 saturated heterocycles. The summed E-state index contributed by atoms with van der Waals surface area (Å²) in [4.78, 5) is 26.3. The molecule has 3 rings (SSSR count). The third-order valence-electron chi connectivity index (χ3n) is 4.23. The highest BCUT2D eigenvalue weighted by Crippen LogP contribution is 2.25. The highest BCUT2D eigenvalue weighted by Gasteiger charge is 2.13. The van der Waals surface area contributed by atoms with Gasteiger partial charge in [0.1, 0.15) is 0 Å². The Morgan fingerprint density at radius 3 is 2.28 bits per heavy atom. The zero-order valence-corrected chi connectivity index (χ0v) is 17.2. The second-order valence-corrected chi connectivity index (χ2v) is 7.15. The summed E-state index contributed by atoms with van der Waals surface area (Å²) in [5, 5.41) is 6.70. The lowest BCUT2D eigenvalue weighted by Gasteiger charge is -2.17. The van der Waals surface area contributed by atoms with Gasteiger partial charge in [0.05, 0.1) is 17.3 Å². The number of benzene rings is 3. The summed E-state index contributed by atoms with van der Waals surface area (Å²) in [5.41, 5.74) is 2.55. The summed E-state index contributed by atoms with van der Waals surface area (Å²) in [7, 11) is 1.72. The molecule has 0 spiro atoms. The van der Waals surface area contributed by atoms with Crippen LogP contribution in [0.1, 0.15) is 10.4 Å². The van der Waals surface area contributed by atoms with Crippen LogP contribution in [-0.4, -0.2) is 25.4 Å². The molecule has 3 aromatic rings. The van der Waals surface area contributed by atoms with Gasteiger partial charge in [0, 0.05) is 29.0 Å². The molecule has 0 aliphatic heterocycles. The van der Waals surface area contributed by atoms with Gasteiger partial charge < -0.3 is 15.5 Å². The highest BCUT2D eigenvalue weighted by molar-refractivity contribution is 6.36. The molecule has 0 aliphatic carbocycles.